The van der Waals surface area contributed by atoms with Gasteiger partial charge in [0.2, 0.25) is 0 Å². The Morgan fingerprint density at radius 1 is 1.24 bits per heavy atom. The molecule has 0 saturated heterocycles. The molecule has 1 amide bonds. The lowest BCUT2D eigenvalue weighted by Gasteiger charge is -2.13. The summed E-state index contributed by atoms with van der Waals surface area (Å²) < 4.78 is 38.7. The molecule has 0 unspecified atom stereocenters. The number of carbonyl (C=O) groups excluding carboxylic acids is 1. The Kier molecular flexibility index (Phi) is 6.24. The second-order valence-corrected chi connectivity index (χ2v) is 6.91. The van der Waals surface area contributed by atoms with E-state index >= 15 is 0 Å². The van der Waals surface area contributed by atoms with Gasteiger partial charge < -0.3 is 11.1 Å². The molecular weight excluding hydrogens is 373 g/mol. The van der Waals surface area contributed by atoms with Crippen LogP contribution in [0.3, 0.4) is 0 Å². The van der Waals surface area contributed by atoms with Crippen LogP contribution in [0.2, 0.25) is 5.02 Å². The number of benzene rings is 2. The van der Waals surface area contributed by atoms with Gasteiger partial charge in [-0.15, -0.1) is 11.8 Å². The number of nitrogens with two attached hydrogens (primary N) is 1. The summed E-state index contributed by atoms with van der Waals surface area (Å²) in [5.41, 5.74) is 4.60. The lowest BCUT2D eigenvalue weighted by atomic mass is 10.1. The number of rotatable bonds is 5. The summed E-state index contributed by atoms with van der Waals surface area (Å²) in [6.07, 6.45) is -4.61. The number of nitrogens with one attached hydrogen (secondary N) is 1. The number of alkyl halides is 3. The van der Waals surface area contributed by atoms with E-state index in [9.17, 15) is 18.0 Å². The molecule has 0 aliphatic carbocycles. The van der Waals surface area contributed by atoms with Crippen molar-refractivity contribution in [1.29, 1.82) is 0 Å². The van der Waals surface area contributed by atoms with Crippen molar-refractivity contribution < 1.29 is 18.0 Å². The first kappa shape index (κ1) is 19.5. The number of hydrogen-bond donors (Lipinski definition) is 2. The van der Waals surface area contributed by atoms with Gasteiger partial charge in [0.1, 0.15) is 0 Å². The van der Waals surface area contributed by atoms with E-state index in [4.69, 9.17) is 17.3 Å². The maximum atomic E-state index is 12.9. The zero-order valence-corrected chi connectivity index (χ0v) is 14.9. The van der Waals surface area contributed by atoms with Crippen molar-refractivity contribution in [3.8, 4) is 0 Å². The number of anilines is 1. The minimum absolute atomic E-state index is 0.103. The Labute approximate surface area is 152 Å². The van der Waals surface area contributed by atoms with E-state index in [0.717, 1.165) is 28.3 Å². The van der Waals surface area contributed by atoms with Gasteiger partial charge in [-0.05, 0) is 47.7 Å². The second kappa shape index (κ2) is 8.01. The molecule has 0 atom stereocenters. The van der Waals surface area contributed by atoms with Crippen LogP contribution in [-0.2, 0) is 12.7 Å². The molecule has 0 spiro atoms. The Bertz CT molecular complexity index is 781. The molecule has 2 aromatic rings. The van der Waals surface area contributed by atoms with Crippen LogP contribution in [-0.4, -0.2) is 11.7 Å². The summed E-state index contributed by atoms with van der Waals surface area (Å²) in [5, 5.41) is 3.14. The molecule has 2 aromatic carbocycles. The van der Waals surface area contributed by atoms with Crippen molar-refractivity contribution in [3.63, 3.8) is 0 Å². The molecular formula is C17H16ClF3N2OS. The third-order valence-corrected chi connectivity index (χ3v) is 4.62. The topological polar surface area (TPSA) is 55.1 Å². The van der Waals surface area contributed by atoms with E-state index in [2.05, 4.69) is 5.32 Å². The molecule has 0 heterocycles. The number of carbonyl (C=O) groups is 1. The molecule has 2 rings (SSSR count). The van der Waals surface area contributed by atoms with Crippen molar-refractivity contribution in [3.05, 3.63) is 58.1 Å². The van der Waals surface area contributed by atoms with E-state index in [1.54, 1.807) is 23.9 Å². The second-order valence-electron chi connectivity index (χ2n) is 5.17. The van der Waals surface area contributed by atoms with Crippen LogP contribution in [0.5, 0.6) is 0 Å². The van der Waals surface area contributed by atoms with Crippen molar-refractivity contribution >= 4 is 35.0 Å². The van der Waals surface area contributed by atoms with Crippen molar-refractivity contribution in [2.75, 3.05) is 11.5 Å². The molecule has 3 N–H and O–H groups in total. The SMILES string of the molecule is CCSc1ccc(Cl)cc1CNC(=O)c1ccc(N)c(C(F)(F)F)c1. The fourth-order valence-corrected chi connectivity index (χ4v) is 3.19. The van der Waals surface area contributed by atoms with E-state index in [1.807, 2.05) is 13.0 Å². The standard InChI is InChI=1S/C17H16ClF3N2OS/c1-2-25-15-6-4-12(18)7-11(15)9-23-16(24)10-3-5-14(22)13(8-10)17(19,20)21/h3-8H,2,9,22H2,1H3,(H,23,24). The van der Waals surface area contributed by atoms with Gasteiger partial charge >= 0.3 is 6.18 Å². The number of nitrogen functional groups attached to an aromatic ring is 1. The maximum absolute atomic E-state index is 12.9. The average Bonchev–Trinajstić information content (AvgIpc) is 2.54. The zero-order valence-electron chi connectivity index (χ0n) is 13.3. The van der Waals surface area contributed by atoms with E-state index in [1.165, 1.54) is 6.07 Å². The van der Waals surface area contributed by atoms with E-state index in [-0.39, 0.29) is 12.1 Å². The number of halogens is 4. The molecule has 0 aliphatic rings. The van der Waals surface area contributed by atoms with Gasteiger partial charge in [0, 0.05) is 27.7 Å². The summed E-state index contributed by atoms with van der Waals surface area (Å²) in [7, 11) is 0. The molecule has 0 aromatic heterocycles. The summed E-state index contributed by atoms with van der Waals surface area (Å²) >= 11 is 7.57. The highest BCUT2D eigenvalue weighted by Crippen LogP contribution is 2.34. The minimum atomic E-state index is -4.61. The Hall–Kier alpha value is -1.86. The van der Waals surface area contributed by atoms with E-state index in [0.29, 0.717) is 5.02 Å². The lowest BCUT2D eigenvalue weighted by Crippen LogP contribution is -2.24. The smallest absolute Gasteiger partial charge is 0.398 e. The molecule has 3 nitrogen and oxygen atoms in total. The molecule has 0 radical (unpaired) electrons. The van der Waals surface area contributed by atoms with E-state index < -0.39 is 23.3 Å². The Balaban J connectivity index is 2.17. The molecule has 8 heteroatoms. The molecule has 0 fully saturated rings. The molecule has 25 heavy (non-hydrogen) atoms. The normalized spacial score (nSPS) is 11.4. The van der Waals surface area contributed by atoms with Gasteiger partial charge in [0.15, 0.2) is 0 Å². The predicted octanol–water partition coefficient (Wildman–Crippen LogP) is 4.98. The summed E-state index contributed by atoms with van der Waals surface area (Å²) in [6.45, 7) is 2.15. The summed E-state index contributed by atoms with van der Waals surface area (Å²) in [4.78, 5) is 13.2. The van der Waals surface area contributed by atoms with Gasteiger partial charge in [0.25, 0.3) is 5.91 Å². The molecule has 0 bridgehead atoms. The van der Waals surface area contributed by atoms with Crippen molar-refractivity contribution in [2.24, 2.45) is 0 Å². The first-order valence-corrected chi connectivity index (χ1v) is 8.75. The number of amides is 1. The molecule has 0 aliphatic heterocycles. The number of thioether (sulfide) groups is 1. The van der Waals surface area contributed by atoms with Crippen LogP contribution in [0.1, 0.15) is 28.4 Å². The number of hydrogen-bond acceptors (Lipinski definition) is 3. The van der Waals surface area contributed by atoms with Gasteiger partial charge in [0.05, 0.1) is 5.56 Å². The summed E-state index contributed by atoms with van der Waals surface area (Å²) in [5.74, 6) is 0.230. The zero-order chi connectivity index (χ0) is 18.6. The monoisotopic (exact) mass is 388 g/mol. The minimum Gasteiger partial charge on any atom is -0.398 e. The molecule has 134 valence electrons. The van der Waals surface area contributed by atoms with Crippen LogP contribution in [0, 0.1) is 0 Å². The van der Waals surface area contributed by atoms with Crippen LogP contribution < -0.4 is 11.1 Å². The highest BCUT2D eigenvalue weighted by molar-refractivity contribution is 7.99. The largest absolute Gasteiger partial charge is 0.418 e. The van der Waals surface area contributed by atoms with Gasteiger partial charge in [-0.3, -0.25) is 4.79 Å². The Morgan fingerprint density at radius 2 is 1.96 bits per heavy atom. The molecule has 0 saturated carbocycles. The van der Waals surface area contributed by atoms with Gasteiger partial charge in [-0.2, -0.15) is 13.2 Å². The van der Waals surface area contributed by atoms with Crippen LogP contribution in [0.15, 0.2) is 41.3 Å². The van der Waals surface area contributed by atoms with Gasteiger partial charge in [-0.25, -0.2) is 0 Å². The predicted molar refractivity (Wildman–Crippen MR) is 94.9 cm³/mol. The third-order valence-electron chi connectivity index (χ3n) is 3.38. The lowest BCUT2D eigenvalue weighted by molar-refractivity contribution is -0.136. The van der Waals surface area contributed by atoms with Gasteiger partial charge in [-0.1, -0.05) is 18.5 Å². The highest BCUT2D eigenvalue weighted by atomic mass is 35.5. The maximum Gasteiger partial charge on any atom is 0.418 e. The fourth-order valence-electron chi connectivity index (χ4n) is 2.20. The average molecular weight is 389 g/mol. The highest BCUT2D eigenvalue weighted by Gasteiger charge is 2.33. The fraction of sp³-hybridized carbons (Fsp3) is 0.235. The Morgan fingerprint density at radius 3 is 2.60 bits per heavy atom. The van der Waals surface area contributed by atoms with Crippen molar-refractivity contribution in [2.45, 2.75) is 24.5 Å². The quantitative estimate of drug-likeness (QED) is 0.561. The first-order valence-electron chi connectivity index (χ1n) is 7.38. The van der Waals surface area contributed by atoms with Crippen LogP contribution in [0.25, 0.3) is 0 Å². The van der Waals surface area contributed by atoms with Crippen LogP contribution >= 0.6 is 23.4 Å². The first-order chi connectivity index (χ1) is 11.7. The third kappa shape index (κ3) is 5.06. The summed E-state index contributed by atoms with van der Waals surface area (Å²) in [6, 6.07) is 8.42. The van der Waals surface area contributed by atoms with Crippen molar-refractivity contribution in [1.82, 2.24) is 5.32 Å². The van der Waals surface area contributed by atoms with Crippen LogP contribution in [0.4, 0.5) is 18.9 Å².